The number of nitrogens with zero attached hydrogens (tertiary/aromatic N) is 1. The van der Waals surface area contributed by atoms with Crippen LogP contribution in [0.25, 0.3) is 11.0 Å². The van der Waals surface area contributed by atoms with Gasteiger partial charge in [-0.05, 0) is 48.4 Å². The van der Waals surface area contributed by atoms with Gasteiger partial charge in [-0.15, -0.1) is 11.8 Å². The Morgan fingerprint density at radius 3 is 2.53 bits per heavy atom. The van der Waals surface area contributed by atoms with E-state index in [1.165, 1.54) is 16.0 Å². The lowest BCUT2D eigenvalue weighted by Crippen LogP contribution is -2.19. The molecular weight excluding hydrogens is 468 g/mol. The monoisotopic (exact) mass is 492 g/mol. The van der Waals surface area contributed by atoms with Crippen molar-refractivity contribution in [2.75, 3.05) is 12.4 Å². The Bertz CT molecular complexity index is 1240. The van der Waals surface area contributed by atoms with Crippen molar-refractivity contribution in [2.45, 2.75) is 22.7 Å². The molecule has 0 fully saturated rings. The smallest absolute Gasteiger partial charge is 0.395 e. The number of thioether (sulfide) groups is 2. The van der Waals surface area contributed by atoms with Gasteiger partial charge in [0.15, 0.2) is 5.16 Å². The molecule has 0 spiro atoms. The summed E-state index contributed by atoms with van der Waals surface area (Å²) in [4.78, 5) is 9.15. The van der Waals surface area contributed by atoms with Gasteiger partial charge in [-0.3, -0.25) is 0 Å². The number of aromatic nitrogens is 2. The zero-order valence-corrected chi connectivity index (χ0v) is 20.2. The minimum Gasteiger partial charge on any atom is -0.450 e. The minimum atomic E-state index is -0.505. The van der Waals surface area contributed by atoms with Crippen LogP contribution in [0, 0.1) is 17.7 Å². The fourth-order valence-electron chi connectivity index (χ4n) is 3.13. The number of para-hydroxylation sites is 3. The molecule has 0 aliphatic heterocycles. The number of imidazole rings is 1. The van der Waals surface area contributed by atoms with E-state index in [2.05, 4.69) is 35.1 Å². The largest absolute Gasteiger partial charge is 0.450 e. The second kappa shape index (κ2) is 11.6. The molecule has 0 aliphatic carbocycles. The van der Waals surface area contributed by atoms with Crippen molar-refractivity contribution in [2.24, 2.45) is 0 Å². The van der Waals surface area contributed by atoms with Gasteiger partial charge in [-0.25, -0.2) is 15.8 Å². The molecule has 0 amide bonds. The van der Waals surface area contributed by atoms with Crippen LogP contribution < -0.4 is 4.74 Å². The van der Waals surface area contributed by atoms with Gasteiger partial charge >= 0.3 is 12.2 Å². The van der Waals surface area contributed by atoms with E-state index < -0.39 is 12.2 Å². The third kappa shape index (κ3) is 6.55. The maximum Gasteiger partial charge on any atom is 0.395 e. The molecule has 0 aliphatic rings. The number of rotatable bonds is 8. The predicted octanol–water partition coefficient (Wildman–Crippen LogP) is 6.24. The Morgan fingerprint density at radius 2 is 1.71 bits per heavy atom. The standard InChI is InChI=1S/C25H24N4O3S2/c1-17-18(16-34-25-28-20-11-5-6-12-21(20)29-25)8-7-13-22(17)33-15-14-30-23(26)32-24(27)31-19-9-3-2-4-10-19/h2-13,26-27H,14-16H2,1H3,(H,28,29). The minimum absolute atomic E-state index is 0.277. The lowest BCUT2D eigenvalue weighted by atomic mass is 10.1. The maximum absolute atomic E-state index is 7.73. The van der Waals surface area contributed by atoms with Crippen molar-refractivity contribution in [3.05, 3.63) is 83.9 Å². The first-order chi connectivity index (χ1) is 16.6. The van der Waals surface area contributed by atoms with Gasteiger partial charge in [0.05, 0.1) is 11.0 Å². The van der Waals surface area contributed by atoms with Crippen molar-refractivity contribution < 1.29 is 14.2 Å². The van der Waals surface area contributed by atoms with Crippen LogP contribution in [0.1, 0.15) is 11.1 Å². The molecule has 4 aromatic rings. The predicted molar refractivity (Wildman–Crippen MR) is 137 cm³/mol. The molecule has 174 valence electrons. The van der Waals surface area contributed by atoms with Gasteiger partial charge in [-0.1, -0.05) is 54.2 Å². The van der Waals surface area contributed by atoms with Crippen LogP contribution in [-0.4, -0.2) is 34.5 Å². The van der Waals surface area contributed by atoms with E-state index in [9.17, 15) is 0 Å². The molecule has 0 bridgehead atoms. The van der Waals surface area contributed by atoms with E-state index in [4.69, 9.17) is 25.0 Å². The average Bonchev–Trinajstić information content (AvgIpc) is 3.25. The number of hydrogen-bond donors (Lipinski definition) is 3. The van der Waals surface area contributed by atoms with E-state index in [0.29, 0.717) is 11.5 Å². The summed E-state index contributed by atoms with van der Waals surface area (Å²) in [6.07, 6.45) is -0.969. The van der Waals surface area contributed by atoms with Crippen molar-refractivity contribution in [3.63, 3.8) is 0 Å². The van der Waals surface area contributed by atoms with Crippen molar-refractivity contribution >= 4 is 46.7 Å². The molecule has 0 saturated carbocycles. The highest BCUT2D eigenvalue weighted by molar-refractivity contribution is 7.99. The van der Waals surface area contributed by atoms with Crippen LogP contribution >= 0.6 is 23.5 Å². The molecule has 0 unspecified atom stereocenters. The lowest BCUT2D eigenvalue weighted by molar-refractivity contribution is 0.221. The van der Waals surface area contributed by atoms with E-state index in [0.717, 1.165) is 21.9 Å². The molecular formula is C25H24N4O3S2. The molecule has 0 saturated heterocycles. The highest BCUT2D eigenvalue weighted by Gasteiger charge is 2.10. The SMILES string of the molecule is Cc1c(CSc2nc3ccccc3[nH]2)cccc1SCCOC(=N)OC(=N)Oc1ccccc1. The Kier molecular flexibility index (Phi) is 8.11. The number of hydrogen-bond acceptors (Lipinski definition) is 8. The fraction of sp³-hybridized carbons (Fsp3) is 0.160. The van der Waals surface area contributed by atoms with Crippen molar-refractivity contribution in [1.82, 2.24) is 9.97 Å². The average molecular weight is 493 g/mol. The van der Waals surface area contributed by atoms with Crippen LogP contribution in [0.2, 0.25) is 0 Å². The van der Waals surface area contributed by atoms with Crippen LogP contribution in [0.15, 0.2) is 82.8 Å². The van der Waals surface area contributed by atoms with Crippen LogP contribution in [0.5, 0.6) is 5.75 Å². The molecule has 1 aromatic heterocycles. The maximum atomic E-state index is 7.73. The second-order valence-corrected chi connectivity index (χ2v) is 9.28. The van der Waals surface area contributed by atoms with Crippen LogP contribution in [-0.2, 0) is 15.2 Å². The quantitative estimate of drug-likeness (QED) is 0.116. The summed E-state index contributed by atoms with van der Waals surface area (Å²) in [7, 11) is 0. The summed E-state index contributed by atoms with van der Waals surface area (Å²) < 4.78 is 15.4. The third-order valence-electron chi connectivity index (χ3n) is 4.84. The Labute approximate surface area is 206 Å². The van der Waals surface area contributed by atoms with Gasteiger partial charge in [0.2, 0.25) is 0 Å². The van der Waals surface area contributed by atoms with E-state index >= 15 is 0 Å². The molecule has 0 radical (unpaired) electrons. The van der Waals surface area contributed by atoms with Gasteiger partial charge < -0.3 is 19.2 Å². The summed E-state index contributed by atoms with van der Waals surface area (Å²) in [6.45, 7) is 2.39. The molecule has 1 heterocycles. The third-order valence-corrected chi connectivity index (χ3v) is 6.89. The number of H-pyrrole nitrogens is 1. The molecule has 3 N–H and O–H groups in total. The molecule has 7 nitrogen and oxygen atoms in total. The Hall–Kier alpha value is -3.43. The van der Waals surface area contributed by atoms with E-state index in [1.807, 2.05) is 30.3 Å². The van der Waals surface area contributed by atoms with Gasteiger partial charge in [0.1, 0.15) is 12.4 Å². The molecule has 3 aromatic carbocycles. The first-order valence-corrected chi connectivity index (χ1v) is 12.5. The van der Waals surface area contributed by atoms with Gasteiger partial charge in [0.25, 0.3) is 0 Å². The number of ether oxygens (including phenoxy) is 3. The number of nitrogens with one attached hydrogen (secondary N) is 3. The topological polar surface area (TPSA) is 104 Å². The van der Waals surface area contributed by atoms with E-state index in [-0.39, 0.29) is 6.61 Å². The first-order valence-electron chi connectivity index (χ1n) is 10.6. The highest BCUT2D eigenvalue weighted by Crippen LogP contribution is 2.29. The lowest BCUT2D eigenvalue weighted by Gasteiger charge is -2.12. The Morgan fingerprint density at radius 1 is 0.912 bits per heavy atom. The number of aromatic amines is 1. The zero-order chi connectivity index (χ0) is 23.8. The molecule has 0 atom stereocenters. The summed E-state index contributed by atoms with van der Waals surface area (Å²) in [6, 6.07) is 23.1. The number of fused-ring (bicyclic) bond motifs is 1. The zero-order valence-electron chi connectivity index (χ0n) is 18.5. The van der Waals surface area contributed by atoms with Crippen LogP contribution in [0.4, 0.5) is 0 Å². The van der Waals surface area contributed by atoms with Gasteiger partial charge in [-0.2, -0.15) is 0 Å². The normalized spacial score (nSPS) is 10.7. The number of benzene rings is 3. The fourth-order valence-corrected chi connectivity index (χ4v) is 4.99. The van der Waals surface area contributed by atoms with E-state index in [1.54, 1.807) is 47.8 Å². The molecule has 34 heavy (non-hydrogen) atoms. The second-order valence-electron chi connectivity index (χ2n) is 7.18. The summed E-state index contributed by atoms with van der Waals surface area (Å²) >= 11 is 3.34. The highest BCUT2D eigenvalue weighted by atomic mass is 32.2. The summed E-state index contributed by atoms with van der Waals surface area (Å²) in [5.74, 6) is 1.92. The summed E-state index contributed by atoms with van der Waals surface area (Å²) in [5, 5.41) is 16.3. The Balaban J connectivity index is 1.21. The molecule has 4 rings (SSSR count). The van der Waals surface area contributed by atoms with Crippen LogP contribution in [0.3, 0.4) is 0 Å². The first kappa shape index (κ1) is 23.7. The van der Waals surface area contributed by atoms with Crippen molar-refractivity contribution in [3.8, 4) is 5.75 Å². The van der Waals surface area contributed by atoms with Crippen molar-refractivity contribution in [1.29, 1.82) is 10.8 Å². The molecule has 9 heteroatoms. The van der Waals surface area contributed by atoms with Gasteiger partial charge in [0, 0.05) is 16.4 Å². The summed E-state index contributed by atoms with van der Waals surface area (Å²) in [5.41, 5.74) is 4.49.